The van der Waals surface area contributed by atoms with Crippen molar-refractivity contribution in [3.05, 3.63) is 65.6 Å². The molecular weight excluding hydrogens is 585 g/mol. The average molecular weight is 632 g/mol. The van der Waals surface area contributed by atoms with E-state index in [-0.39, 0.29) is 34.8 Å². The second-order valence-electron chi connectivity index (χ2n) is 13.1. The minimum Gasteiger partial charge on any atom is -0.490 e. The van der Waals surface area contributed by atoms with Gasteiger partial charge in [0.15, 0.2) is 11.6 Å². The first-order valence-corrected chi connectivity index (χ1v) is 16.7. The van der Waals surface area contributed by atoms with Crippen molar-refractivity contribution < 1.29 is 18.7 Å². The fraction of sp³-hybridized carbons (Fsp3) is 0.543. The summed E-state index contributed by atoms with van der Waals surface area (Å²) in [6.07, 6.45) is 9.48. The van der Waals surface area contributed by atoms with Crippen LogP contribution in [0.5, 0.6) is 17.2 Å². The number of ether oxygens (including phenoxy) is 2. The molecule has 246 valence electrons. The maximum absolute atomic E-state index is 14.2. The number of halogens is 1. The number of hydrogen-bond donors (Lipinski definition) is 1. The van der Waals surface area contributed by atoms with Crippen LogP contribution in [0.25, 0.3) is 0 Å². The van der Waals surface area contributed by atoms with Gasteiger partial charge in [-0.15, -0.1) is 0 Å². The van der Waals surface area contributed by atoms with Gasteiger partial charge in [0.2, 0.25) is 0 Å². The monoisotopic (exact) mass is 631 g/mol. The van der Waals surface area contributed by atoms with E-state index >= 15 is 0 Å². The summed E-state index contributed by atoms with van der Waals surface area (Å²) in [6.45, 7) is 15.6. The first-order valence-electron chi connectivity index (χ1n) is 16.7. The van der Waals surface area contributed by atoms with E-state index in [1.54, 1.807) is 11.1 Å². The summed E-state index contributed by atoms with van der Waals surface area (Å²) in [7, 11) is 0. The number of nitrogens with one attached hydrogen (secondary N) is 1. The number of nitrogens with zero attached hydrogens (tertiary/aromatic N) is 6. The number of pyridine rings is 1. The molecule has 7 rings (SSSR count). The summed E-state index contributed by atoms with van der Waals surface area (Å²) in [5, 5.41) is 3.11. The lowest BCUT2D eigenvalue weighted by Crippen LogP contribution is -2.65. The zero-order valence-corrected chi connectivity index (χ0v) is 27.5. The second-order valence-corrected chi connectivity index (χ2v) is 13.1. The highest BCUT2D eigenvalue weighted by atomic mass is 19.1. The number of carbonyl (C=O) groups excluding carboxylic acids is 1. The zero-order chi connectivity index (χ0) is 32.3. The van der Waals surface area contributed by atoms with Gasteiger partial charge in [0.1, 0.15) is 29.7 Å². The Labute approximate surface area is 271 Å². The van der Waals surface area contributed by atoms with Crippen molar-refractivity contribution >= 4 is 11.7 Å². The van der Waals surface area contributed by atoms with Crippen LogP contribution < -0.4 is 19.7 Å². The molecular formula is C35H46FN7O3. The number of rotatable bonds is 9. The van der Waals surface area contributed by atoms with Crippen LogP contribution >= 0.6 is 0 Å². The molecule has 1 aliphatic carbocycles. The number of benzene rings is 1. The van der Waals surface area contributed by atoms with Crippen molar-refractivity contribution in [3.63, 3.8) is 0 Å². The summed E-state index contributed by atoms with van der Waals surface area (Å²) in [5.74, 6) is 1.60. The molecule has 1 N–H and O–H groups in total. The molecule has 0 atom stereocenters. The lowest BCUT2D eigenvalue weighted by molar-refractivity contribution is -0.0352. The Morgan fingerprint density at radius 1 is 1.13 bits per heavy atom. The molecule has 2 saturated heterocycles. The van der Waals surface area contributed by atoms with Gasteiger partial charge in [-0.2, -0.15) is 0 Å². The van der Waals surface area contributed by atoms with E-state index in [1.165, 1.54) is 49.6 Å². The van der Waals surface area contributed by atoms with Gasteiger partial charge in [-0.1, -0.05) is 6.92 Å². The van der Waals surface area contributed by atoms with Crippen molar-refractivity contribution in [1.82, 2.24) is 30.1 Å². The number of anilines is 1. The first-order chi connectivity index (χ1) is 22.3. The highest BCUT2D eigenvalue weighted by Crippen LogP contribution is 2.52. The third kappa shape index (κ3) is 6.80. The molecule has 3 fully saturated rings. The molecule has 1 amide bonds. The van der Waals surface area contributed by atoms with Gasteiger partial charge in [-0.3, -0.25) is 14.7 Å². The number of hydrogen-bond acceptors (Lipinski definition) is 9. The number of carbonyl (C=O) groups is 1. The normalized spacial score (nSPS) is 18.4. The number of amides is 1. The molecule has 4 aliphatic rings. The van der Waals surface area contributed by atoms with Gasteiger partial charge in [0.25, 0.3) is 5.91 Å². The highest BCUT2D eigenvalue weighted by Gasteiger charge is 2.54. The molecule has 2 aromatic heterocycles. The van der Waals surface area contributed by atoms with Crippen LogP contribution in [0.4, 0.5) is 10.2 Å². The molecule has 0 bridgehead atoms. The number of aromatic nitrogens is 3. The van der Waals surface area contributed by atoms with Gasteiger partial charge in [0.05, 0.1) is 11.8 Å². The molecule has 1 saturated carbocycles. The van der Waals surface area contributed by atoms with Crippen LogP contribution in [0.3, 0.4) is 0 Å². The van der Waals surface area contributed by atoms with Gasteiger partial charge in [-0.05, 0) is 83.9 Å². The maximum atomic E-state index is 14.2. The number of fused-ring (bicyclic) bond motifs is 1. The van der Waals surface area contributed by atoms with Crippen molar-refractivity contribution in [2.24, 2.45) is 5.41 Å². The molecule has 1 aromatic carbocycles. The van der Waals surface area contributed by atoms with Crippen LogP contribution in [-0.4, -0.2) is 88.6 Å². The van der Waals surface area contributed by atoms with E-state index in [1.807, 2.05) is 33.0 Å². The predicted molar refractivity (Wildman–Crippen MR) is 175 cm³/mol. The highest BCUT2D eigenvalue weighted by molar-refractivity contribution is 5.97. The topological polar surface area (TPSA) is 96.0 Å². The van der Waals surface area contributed by atoms with Crippen molar-refractivity contribution in [1.29, 1.82) is 0 Å². The molecule has 3 aliphatic heterocycles. The number of likely N-dealkylation sites (N-methyl/N-ethyl adjacent to an activating group) is 1. The van der Waals surface area contributed by atoms with Gasteiger partial charge < -0.3 is 24.6 Å². The maximum Gasteiger partial charge on any atom is 0.257 e. The Bertz CT molecular complexity index is 1510. The zero-order valence-electron chi connectivity index (χ0n) is 27.5. The lowest BCUT2D eigenvalue weighted by Gasteiger charge is -2.59. The Morgan fingerprint density at radius 2 is 1.89 bits per heavy atom. The van der Waals surface area contributed by atoms with E-state index in [0.717, 1.165) is 63.4 Å². The molecule has 10 nitrogen and oxygen atoms in total. The molecule has 1 spiro atoms. The average Bonchev–Trinajstić information content (AvgIpc) is 2.98. The Hall–Kier alpha value is -3.83. The van der Waals surface area contributed by atoms with E-state index < -0.39 is 5.82 Å². The molecule has 46 heavy (non-hydrogen) atoms. The summed E-state index contributed by atoms with van der Waals surface area (Å²) in [5.41, 5.74) is 2.76. The van der Waals surface area contributed by atoms with Crippen LogP contribution in [0.1, 0.15) is 68.6 Å². The Morgan fingerprint density at radius 3 is 2.57 bits per heavy atom. The summed E-state index contributed by atoms with van der Waals surface area (Å²) in [6, 6.07) is 6.01. The molecule has 5 heterocycles. The Kier molecular flexibility index (Phi) is 9.70. The van der Waals surface area contributed by atoms with Crippen LogP contribution in [0.15, 0.2) is 43.0 Å². The smallest absolute Gasteiger partial charge is 0.257 e. The van der Waals surface area contributed by atoms with Crippen molar-refractivity contribution in [2.75, 3.05) is 50.7 Å². The fourth-order valence-electron chi connectivity index (χ4n) is 6.76. The molecule has 0 unspecified atom stereocenters. The van der Waals surface area contributed by atoms with Crippen LogP contribution in [0, 0.1) is 11.2 Å². The third-order valence-electron chi connectivity index (χ3n) is 9.55. The molecule has 3 aromatic rings. The fourth-order valence-corrected chi connectivity index (χ4v) is 6.76. The minimum absolute atomic E-state index is 0.0307. The first kappa shape index (κ1) is 32.1. The van der Waals surface area contributed by atoms with Crippen LogP contribution in [0.2, 0.25) is 0 Å². The van der Waals surface area contributed by atoms with Gasteiger partial charge >= 0.3 is 0 Å². The van der Waals surface area contributed by atoms with E-state index in [2.05, 4.69) is 37.0 Å². The third-order valence-corrected chi connectivity index (χ3v) is 9.55. The molecule has 0 radical (unpaired) electrons. The van der Waals surface area contributed by atoms with Gasteiger partial charge in [-0.25, -0.2) is 14.4 Å². The standard InChI is InChI=1S/C32H39FN6O3.C3H7N/c1-5-37-12-10-26-25(17-37)28(9-11-35-26)41-23-14-32(15-23)18-38(19-32)30-29(16-34-20-36-30)42-27-8-7-22(33)13-24(27)31(40)39(6-2)21(3)4;1-2-4-3-1/h7-9,11,13,16,20-21,23H,5-6,10,12,14-15,17-19H2,1-4H3;4H,1-3H2. The summed E-state index contributed by atoms with van der Waals surface area (Å²) < 4.78 is 27.0. The van der Waals surface area contributed by atoms with Crippen LogP contribution in [-0.2, 0) is 13.0 Å². The van der Waals surface area contributed by atoms with E-state index in [0.29, 0.717) is 18.1 Å². The Balaban J connectivity index is 0.000000863. The lowest BCUT2D eigenvalue weighted by atomic mass is 9.61. The quantitative estimate of drug-likeness (QED) is 0.347. The SMILES string of the molecule is C1CNC1.CCN1CCc2nccc(OC3CC4(C3)CN(c3ncncc3Oc3ccc(F)cc3C(=O)N(CC)C(C)C)C4)c2C1. The van der Waals surface area contributed by atoms with E-state index in [9.17, 15) is 9.18 Å². The predicted octanol–water partition coefficient (Wildman–Crippen LogP) is 5.08. The summed E-state index contributed by atoms with van der Waals surface area (Å²) >= 11 is 0. The largest absolute Gasteiger partial charge is 0.490 e. The minimum atomic E-state index is -0.489. The van der Waals surface area contributed by atoms with Gasteiger partial charge in [0, 0.05) is 68.1 Å². The van der Waals surface area contributed by atoms with Crippen molar-refractivity contribution in [3.8, 4) is 17.2 Å². The second kappa shape index (κ2) is 13.9. The molecule has 11 heteroatoms. The summed E-state index contributed by atoms with van der Waals surface area (Å²) in [4.78, 5) is 32.9. The van der Waals surface area contributed by atoms with E-state index in [4.69, 9.17) is 9.47 Å². The van der Waals surface area contributed by atoms with Crippen molar-refractivity contribution in [2.45, 2.75) is 72.1 Å².